The number of phenols is 1. The highest BCUT2D eigenvalue weighted by atomic mass is 16.5. The second kappa shape index (κ2) is 6.54. The molecule has 3 rings (SSSR count). The maximum atomic E-state index is 12.6. The number of nitrogens with one attached hydrogen (secondary N) is 1. The molecule has 2 heterocycles. The number of carbonyl (C=O) groups excluding carboxylic acids is 1. The summed E-state index contributed by atoms with van der Waals surface area (Å²) in [4.78, 5) is 16.6. The van der Waals surface area contributed by atoms with E-state index in [0.29, 0.717) is 25.4 Å². The Bertz CT molecular complexity index is 529. The molecule has 0 bridgehead atoms. The van der Waals surface area contributed by atoms with E-state index in [4.69, 9.17) is 4.74 Å². The Kier molecular flexibility index (Phi) is 4.49. The fourth-order valence-electron chi connectivity index (χ4n) is 3.11. The van der Waals surface area contributed by atoms with Crippen LogP contribution in [0, 0.1) is 0 Å². The van der Waals surface area contributed by atoms with Crippen LogP contribution in [0.25, 0.3) is 0 Å². The predicted molar refractivity (Wildman–Crippen MR) is 84.1 cm³/mol. The number of hydrogen-bond acceptors (Lipinski definition) is 5. The van der Waals surface area contributed by atoms with Gasteiger partial charge in [-0.05, 0) is 19.1 Å². The summed E-state index contributed by atoms with van der Waals surface area (Å²) in [7, 11) is 0. The summed E-state index contributed by atoms with van der Waals surface area (Å²) in [6.45, 7) is 6.10. The van der Waals surface area contributed by atoms with E-state index >= 15 is 0 Å². The highest BCUT2D eigenvalue weighted by Gasteiger charge is 2.33. The molecular weight excluding hydrogens is 282 g/mol. The Balaban J connectivity index is 1.59. The minimum atomic E-state index is -0.245. The maximum absolute atomic E-state index is 12.6. The number of nitrogens with zero attached hydrogens (tertiary/aromatic N) is 2. The summed E-state index contributed by atoms with van der Waals surface area (Å²) >= 11 is 0. The van der Waals surface area contributed by atoms with Gasteiger partial charge in [0.25, 0.3) is 0 Å². The van der Waals surface area contributed by atoms with Crippen molar-refractivity contribution in [3.05, 3.63) is 24.3 Å². The summed E-state index contributed by atoms with van der Waals surface area (Å²) in [5.74, 6) is 0.405. The molecule has 2 saturated heterocycles. The van der Waals surface area contributed by atoms with Crippen molar-refractivity contribution in [2.75, 3.05) is 44.2 Å². The summed E-state index contributed by atoms with van der Waals surface area (Å²) < 4.78 is 5.56. The molecule has 22 heavy (non-hydrogen) atoms. The number of phenolic OH excluding ortho intramolecular Hbond substituents is 1. The standard InChI is InChI=1S/C16H23N3O3/c1-12-15(17-6-11-22-12)16(21)19-9-7-18(8-10-19)13-4-2-3-5-14(13)20/h2-5,12,15,17,20H,6-11H2,1H3/t12-,15+/m1/s1. The number of hydrogen-bond donors (Lipinski definition) is 2. The van der Waals surface area contributed by atoms with Crippen LogP contribution in [0.5, 0.6) is 5.75 Å². The lowest BCUT2D eigenvalue weighted by atomic mass is 10.1. The second-order valence-electron chi connectivity index (χ2n) is 5.81. The Hall–Kier alpha value is -1.79. The van der Waals surface area contributed by atoms with Gasteiger partial charge in [-0.1, -0.05) is 12.1 Å². The van der Waals surface area contributed by atoms with Gasteiger partial charge in [0.15, 0.2) is 0 Å². The van der Waals surface area contributed by atoms with Crippen LogP contribution < -0.4 is 10.2 Å². The zero-order valence-corrected chi connectivity index (χ0v) is 12.9. The lowest BCUT2D eigenvalue weighted by Crippen LogP contribution is -2.59. The normalized spacial score (nSPS) is 26.0. The fraction of sp³-hybridized carbons (Fsp3) is 0.562. The topological polar surface area (TPSA) is 65.0 Å². The van der Waals surface area contributed by atoms with Crippen LogP contribution in [-0.4, -0.2) is 67.4 Å². The van der Waals surface area contributed by atoms with Crippen molar-refractivity contribution in [3.8, 4) is 5.75 Å². The van der Waals surface area contributed by atoms with Crippen LogP contribution in [0.3, 0.4) is 0 Å². The van der Waals surface area contributed by atoms with Gasteiger partial charge in [-0.15, -0.1) is 0 Å². The molecule has 1 aromatic rings. The van der Waals surface area contributed by atoms with Gasteiger partial charge in [-0.2, -0.15) is 0 Å². The van der Waals surface area contributed by atoms with Crippen molar-refractivity contribution in [3.63, 3.8) is 0 Å². The fourth-order valence-corrected chi connectivity index (χ4v) is 3.11. The van der Waals surface area contributed by atoms with Crippen molar-refractivity contribution in [1.82, 2.24) is 10.2 Å². The first-order valence-corrected chi connectivity index (χ1v) is 7.83. The van der Waals surface area contributed by atoms with Gasteiger partial charge in [0.05, 0.1) is 18.4 Å². The number of rotatable bonds is 2. The molecule has 2 aliphatic heterocycles. The number of piperazine rings is 1. The number of ether oxygens (including phenoxy) is 1. The first kappa shape index (κ1) is 15.1. The van der Waals surface area contributed by atoms with E-state index in [0.717, 1.165) is 25.3 Å². The first-order valence-electron chi connectivity index (χ1n) is 7.83. The highest BCUT2D eigenvalue weighted by Crippen LogP contribution is 2.27. The summed E-state index contributed by atoms with van der Waals surface area (Å²) in [5.41, 5.74) is 0.835. The van der Waals surface area contributed by atoms with E-state index < -0.39 is 0 Å². The zero-order chi connectivity index (χ0) is 15.5. The molecule has 2 N–H and O–H groups in total. The van der Waals surface area contributed by atoms with Crippen molar-refractivity contribution >= 4 is 11.6 Å². The average Bonchev–Trinajstić information content (AvgIpc) is 2.55. The van der Waals surface area contributed by atoms with E-state index in [1.54, 1.807) is 6.07 Å². The first-order chi connectivity index (χ1) is 10.7. The third-order valence-corrected chi connectivity index (χ3v) is 4.40. The Morgan fingerprint density at radius 2 is 2.00 bits per heavy atom. The number of benzene rings is 1. The molecule has 0 radical (unpaired) electrons. The summed E-state index contributed by atoms with van der Waals surface area (Å²) in [6.07, 6.45) is -0.0857. The lowest BCUT2D eigenvalue weighted by Gasteiger charge is -2.39. The molecule has 0 aliphatic carbocycles. The minimum Gasteiger partial charge on any atom is -0.506 e. The Morgan fingerprint density at radius 1 is 1.27 bits per heavy atom. The third kappa shape index (κ3) is 3.03. The second-order valence-corrected chi connectivity index (χ2v) is 5.81. The van der Waals surface area contributed by atoms with Gasteiger partial charge in [-0.3, -0.25) is 4.79 Å². The van der Waals surface area contributed by atoms with Crippen LogP contribution in [-0.2, 0) is 9.53 Å². The third-order valence-electron chi connectivity index (χ3n) is 4.40. The average molecular weight is 305 g/mol. The van der Waals surface area contributed by atoms with Crippen LogP contribution in [0.4, 0.5) is 5.69 Å². The number of carbonyl (C=O) groups is 1. The molecule has 6 nitrogen and oxygen atoms in total. The van der Waals surface area contributed by atoms with E-state index in [9.17, 15) is 9.90 Å². The quantitative estimate of drug-likeness (QED) is 0.829. The van der Waals surface area contributed by atoms with Gasteiger partial charge in [0, 0.05) is 32.7 Å². The molecule has 1 amide bonds. The van der Waals surface area contributed by atoms with Gasteiger partial charge >= 0.3 is 0 Å². The monoisotopic (exact) mass is 305 g/mol. The molecule has 1 aromatic carbocycles. The molecule has 0 aromatic heterocycles. The van der Waals surface area contributed by atoms with Gasteiger partial charge < -0.3 is 25.0 Å². The van der Waals surface area contributed by atoms with E-state index in [2.05, 4.69) is 10.2 Å². The van der Waals surface area contributed by atoms with Crippen LogP contribution in [0.15, 0.2) is 24.3 Å². The van der Waals surface area contributed by atoms with E-state index in [1.807, 2.05) is 30.0 Å². The van der Waals surface area contributed by atoms with Crippen molar-refractivity contribution in [2.45, 2.75) is 19.1 Å². The predicted octanol–water partition coefficient (Wildman–Crippen LogP) is 0.418. The smallest absolute Gasteiger partial charge is 0.242 e. The molecule has 120 valence electrons. The number of amides is 1. The number of aromatic hydroxyl groups is 1. The molecule has 0 spiro atoms. The zero-order valence-electron chi connectivity index (χ0n) is 12.9. The number of morpholine rings is 1. The van der Waals surface area contributed by atoms with Gasteiger partial charge in [0.2, 0.25) is 5.91 Å². The van der Waals surface area contributed by atoms with E-state index in [1.165, 1.54) is 0 Å². The summed E-state index contributed by atoms with van der Waals surface area (Å²) in [6, 6.07) is 7.08. The van der Waals surface area contributed by atoms with Crippen molar-refractivity contribution in [1.29, 1.82) is 0 Å². The molecular formula is C16H23N3O3. The molecule has 2 atom stereocenters. The molecule has 2 aliphatic rings. The minimum absolute atomic E-state index is 0.0857. The Morgan fingerprint density at radius 3 is 2.68 bits per heavy atom. The van der Waals surface area contributed by atoms with Gasteiger partial charge in [-0.25, -0.2) is 0 Å². The molecule has 0 saturated carbocycles. The van der Waals surface area contributed by atoms with Crippen LogP contribution >= 0.6 is 0 Å². The highest BCUT2D eigenvalue weighted by molar-refractivity contribution is 5.83. The largest absolute Gasteiger partial charge is 0.506 e. The van der Waals surface area contributed by atoms with Crippen molar-refractivity contribution in [2.24, 2.45) is 0 Å². The molecule has 2 fully saturated rings. The Labute approximate surface area is 130 Å². The number of anilines is 1. The molecule has 0 unspecified atom stereocenters. The summed E-state index contributed by atoms with van der Waals surface area (Å²) in [5, 5.41) is 13.2. The molecule has 6 heteroatoms. The van der Waals surface area contributed by atoms with Crippen LogP contribution in [0.2, 0.25) is 0 Å². The van der Waals surface area contributed by atoms with Crippen molar-refractivity contribution < 1.29 is 14.6 Å². The van der Waals surface area contributed by atoms with Crippen LogP contribution in [0.1, 0.15) is 6.92 Å². The van der Waals surface area contributed by atoms with Gasteiger partial charge in [0.1, 0.15) is 11.8 Å². The maximum Gasteiger partial charge on any atom is 0.242 e. The SMILES string of the molecule is C[C@H]1OCCN[C@@H]1C(=O)N1CCN(c2ccccc2O)CC1. The number of para-hydroxylation sites is 2. The van der Waals surface area contributed by atoms with E-state index in [-0.39, 0.29) is 18.1 Å². The lowest BCUT2D eigenvalue weighted by molar-refractivity contribution is -0.139.